The van der Waals surface area contributed by atoms with E-state index in [1.54, 1.807) is 35.2 Å². The van der Waals surface area contributed by atoms with Crippen molar-refractivity contribution in [3.8, 4) is 0 Å². The molecule has 4 rings (SSSR count). The summed E-state index contributed by atoms with van der Waals surface area (Å²) in [5.41, 5.74) is 9.45. The van der Waals surface area contributed by atoms with Crippen LogP contribution in [0.2, 0.25) is 0 Å². The Morgan fingerprint density at radius 1 is 1.26 bits per heavy atom. The Morgan fingerprint density at radius 3 is 2.85 bits per heavy atom. The van der Waals surface area contributed by atoms with Crippen molar-refractivity contribution in [1.29, 1.82) is 0 Å². The number of carbonyl (C=O) groups excluding carboxylic acids is 2. The third-order valence-electron chi connectivity index (χ3n) is 4.76. The Bertz CT molecular complexity index is 1160. The van der Waals surface area contributed by atoms with Gasteiger partial charge in [0.05, 0.1) is 11.6 Å². The average Bonchev–Trinajstić information content (AvgIpc) is 3.11. The zero-order chi connectivity index (χ0) is 19.1. The van der Waals surface area contributed by atoms with Crippen LogP contribution in [0.4, 0.5) is 0 Å². The maximum Gasteiger partial charge on any atom is 0.417 e. The van der Waals surface area contributed by atoms with Crippen molar-refractivity contribution in [3.63, 3.8) is 0 Å². The van der Waals surface area contributed by atoms with Crippen LogP contribution in [-0.4, -0.2) is 21.7 Å². The highest BCUT2D eigenvalue weighted by Gasteiger charge is 2.33. The van der Waals surface area contributed by atoms with Crippen molar-refractivity contribution in [2.45, 2.75) is 19.5 Å². The lowest BCUT2D eigenvalue weighted by molar-refractivity contribution is -0.113. The standard InChI is InChI=1S/C20H17N3O4/c1-11-15-8-12(4-7-18(21)24)2-5-14(15)19(25)23(11)10-13-3-6-16-17(9-13)27-20(26)22-16/h2-9,11H,10H2,1H3,(H2,21,24)(H,22,26). The Kier molecular flexibility index (Phi) is 3.92. The zero-order valence-corrected chi connectivity index (χ0v) is 14.6. The first-order valence-electron chi connectivity index (χ1n) is 8.46. The van der Waals surface area contributed by atoms with Crippen molar-refractivity contribution in [3.05, 3.63) is 75.3 Å². The van der Waals surface area contributed by atoms with Gasteiger partial charge in [0.2, 0.25) is 5.91 Å². The van der Waals surface area contributed by atoms with Crippen LogP contribution in [0.5, 0.6) is 0 Å². The van der Waals surface area contributed by atoms with Gasteiger partial charge >= 0.3 is 5.76 Å². The minimum absolute atomic E-state index is 0.0569. The molecule has 0 radical (unpaired) electrons. The first-order valence-corrected chi connectivity index (χ1v) is 8.46. The fraction of sp³-hybridized carbons (Fsp3) is 0.150. The van der Waals surface area contributed by atoms with E-state index in [0.717, 1.165) is 16.7 Å². The minimum Gasteiger partial charge on any atom is -0.408 e. The van der Waals surface area contributed by atoms with Gasteiger partial charge in [0.15, 0.2) is 5.58 Å². The SMILES string of the molecule is CC1c2cc(C=CC(N)=O)ccc2C(=O)N1Cc1ccc2[nH]c(=O)oc2c1. The highest BCUT2D eigenvalue weighted by atomic mass is 16.4. The largest absolute Gasteiger partial charge is 0.417 e. The lowest BCUT2D eigenvalue weighted by Gasteiger charge is -2.22. The van der Waals surface area contributed by atoms with Gasteiger partial charge < -0.3 is 15.1 Å². The first-order chi connectivity index (χ1) is 12.9. The molecule has 1 atom stereocenters. The van der Waals surface area contributed by atoms with Crippen molar-refractivity contribution in [1.82, 2.24) is 9.88 Å². The smallest absolute Gasteiger partial charge is 0.408 e. The van der Waals surface area contributed by atoms with E-state index in [4.69, 9.17) is 10.2 Å². The Balaban J connectivity index is 1.62. The van der Waals surface area contributed by atoms with Gasteiger partial charge in [0.25, 0.3) is 5.91 Å². The van der Waals surface area contributed by atoms with Gasteiger partial charge in [0, 0.05) is 18.2 Å². The van der Waals surface area contributed by atoms with Crippen molar-refractivity contribution in [2.24, 2.45) is 5.73 Å². The number of primary amides is 1. The van der Waals surface area contributed by atoms with Crippen molar-refractivity contribution >= 4 is 29.0 Å². The molecule has 3 aromatic rings. The lowest BCUT2D eigenvalue weighted by Crippen LogP contribution is -2.26. The summed E-state index contributed by atoms with van der Waals surface area (Å²) in [7, 11) is 0. The van der Waals surface area contributed by atoms with Crippen LogP contribution in [0.1, 0.15) is 40.0 Å². The average molecular weight is 363 g/mol. The molecule has 0 fully saturated rings. The number of nitrogens with zero attached hydrogens (tertiary/aromatic N) is 1. The van der Waals surface area contributed by atoms with Crippen molar-refractivity contribution < 1.29 is 14.0 Å². The summed E-state index contributed by atoms with van der Waals surface area (Å²) in [6, 6.07) is 10.7. The predicted octanol–water partition coefficient (Wildman–Crippen LogP) is 2.34. The molecule has 1 aliphatic rings. The summed E-state index contributed by atoms with van der Waals surface area (Å²) in [4.78, 5) is 39.4. The number of amides is 2. The van der Waals surface area contributed by atoms with Gasteiger partial charge in [-0.15, -0.1) is 0 Å². The van der Waals surface area contributed by atoms with Crippen LogP contribution in [0, 0.1) is 0 Å². The molecular weight excluding hydrogens is 346 g/mol. The third-order valence-corrected chi connectivity index (χ3v) is 4.76. The fourth-order valence-electron chi connectivity index (χ4n) is 3.40. The van der Waals surface area contributed by atoms with Crippen LogP contribution in [0.3, 0.4) is 0 Å². The lowest BCUT2D eigenvalue weighted by atomic mass is 10.0. The van der Waals surface area contributed by atoms with Crippen LogP contribution >= 0.6 is 0 Å². The predicted molar refractivity (Wildman–Crippen MR) is 99.8 cm³/mol. The summed E-state index contributed by atoms with van der Waals surface area (Å²) >= 11 is 0. The molecular formula is C20H17N3O4. The summed E-state index contributed by atoms with van der Waals surface area (Å²) in [5, 5.41) is 0. The summed E-state index contributed by atoms with van der Waals surface area (Å²) in [6.45, 7) is 2.35. The molecule has 2 heterocycles. The van der Waals surface area contributed by atoms with E-state index in [2.05, 4.69) is 4.98 Å². The highest BCUT2D eigenvalue weighted by Crippen LogP contribution is 2.35. The number of nitrogens with two attached hydrogens (primary N) is 1. The second-order valence-electron chi connectivity index (χ2n) is 6.54. The molecule has 1 aliphatic heterocycles. The van der Waals surface area contributed by atoms with E-state index in [0.29, 0.717) is 23.2 Å². The van der Waals surface area contributed by atoms with E-state index in [1.165, 1.54) is 6.08 Å². The Hall–Kier alpha value is -3.61. The second-order valence-corrected chi connectivity index (χ2v) is 6.54. The number of rotatable bonds is 4. The number of H-pyrrole nitrogens is 1. The number of hydrogen-bond acceptors (Lipinski definition) is 4. The van der Waals surface area contributed by atoms with Crippen molar-refractivity contribution in [2.75, 3.05) is 0 Å². The number of oxazole rings is 1. The molecule has 136 valence electrons. The Labute approximate surface area is 154 Å². The normalized spacial score (nSPS) is 16.4. The molecule has 0 aliphatic carbocycles. The molecule has 0 spiro atoms. The fourth-order valence-corrected chi connectivity index (χ4v) is 3.40. The molecule has 2 amide bonds. The van der Waals surface area contributed by atoms with Gasteiger partial charge in [-0.25, -0.2) is 4.79 Å². The quantitative estimate of drug-likeness (QED) is 0.693. The third kappa shape index (κ3) is 3.03. The molecule has 27 heavy (non-hydrogen) atoms. The molecule has 0 saturated carbocycles. The number of hydrogen-bond donors (Lipinski definition) is 2. The molecule has 2 aromatic carbocycles. The van der Waals surface area contributed by atoms with Gasteiger partial charge in [0.1, 0.15) is 0 Å². The summed E-state index contributed by atoms with van der Waals surface area (Å²) in [5.74, 6) is -1.08. The number of benzene rings is 2. The van der Waals surface area contributed by atoms with Crippen LogP contribution in [0.25, 0.3) is 17.2 Å². The maximum absolute atomic E-state index is 12.8. The maximum atomic E-state index is 12.8. The van der Waals surface area contributed by atoms with Crippen LogP contribution < -0.4 is 11.5 Å². The number of nitrogens with one attached hydrogen (secondary N) is 1. The molecule has 1 aromatic heterocycles. The number of aromatic amines is 1. The minimum atomic E-state index is -0.520. The van der Waals surface area contributed by atoms with E-state index >= 15 is 0 Å². The molecule has 1 unspecified atom stereocenters. The monoisotopic (exact) mass is 363 g/mol. The number of carbonyl (C=O) groups is 2. The van der Waals surface area contributed by atoms with E-state index in [1.807, 2.05) is 19.1 Å². The topological polar surface area (TPSA) is 109 Å². The van der Waals surface area contributed by atoms with Crippen LogP contribution in [-0.2, 0) is 11.3 Å². The van der Waals surface area contributed by atoms with Gasteiger partial charge in [-0.3, -0.25) is 14.6 Å². The molecule has 0 bridgehead atoms. The summed E-state index contributed by atoms with van der Waals surface area (Å²) < 4.78 is 5.09. The van der Waals surface area contributed by atoms with E-state index < -0.39 is 11.7 Å². The number of fused-ring (bicyclic) bond motifs is 2. The highest BCUT2D eigenvalue weighted by molar-refractivity contribution is 5.99. The molecule has 0 saturated heterocycles. The summed E-state index contributed by atoms with van der Waals surface area (Å²) in [6.07, 6.45) is 2.92. The molecule has 3 N–H and O–H groups in total. The van der Waals surface area contributed by atoms with E-state index in [9.17, 15) is 14.4 Å². The van der Waals surface area contributed by atoms with E-state index in [-0.39, 0.29) is 11.9 Å². The second kappa shape index (κ2) is 6.28. The van der Waals surface area contributed by atoms with Gasteiger partial charge in [-0.1, -0.05) is 12.1 Å². The van der Waals surface area contributed by atoms with Gasteiger partial charge in [-0.2, -0.15) is 0 Å². The van der Waals surface area contributed by atoms with Crippen LogP contribution in [0.15, 0.2) is 51.7 Å². The first kappa shape index (κ1) is 16.8. The number of aromatic nitrogens is 1. The van der Waals surface area contributed by atoms with Gasteiger partial charge in [-0.05, 0) is 54.0 Å². The Morgan fingerprint density at radius 2 is 2.07 bits per heavy atom. The zero-order valence-electron chi connectivity index (χ0n) is 14.6. The molecule has 7 nitrogen and oxygen atoms in total. The molecule has 7 heteroatoms.